The summed E-state index contributed by atoms with van der Waals surface area (Å²) in [5.74, 6) is 0. The third-order valence-electron chi connectivity index (χ3n) is 3.77. The lowest BCUT2D eigenvalue weighted by molar-refractivity contribution is 0.175. The number of piperazine rings is 1. The van der Waals surface area contributed by atoms with Gasteiger partial charge in [0.2, 0.25) is 0 Å². The fraction of sp³-hybridized carbons (Fsp3) is 0.857. The minimum Gasteiger partial charge on any atom is -0.309 e. The highest BCUT2D eigenvalue weighted by Gasteiger charge is 2.20. The molecule has 0 bridgehead atoms. The molecule has 1 fully saturated rings. The molecule has 0 aromatic carbocycles. The van der Waals surface area contributed by atoms with Crippen molar-refractivity contribution in [3.05, 3.63) is 11.6 Å². The van der Waals surface area contributed by atoms with Crippen LogP contribution in [0, 0.1) is 0 Å². The summed E-state index contributed by atoms with van der Waals surface area (Å²) in [7, 11) is 0. The van der Waals surface area contributed by atoms with Gasteiger partial charge in [-0.15, -0.1) is 0 Å². The van der Waals surface area contributed by atoms with Crippen LogP contribution >= 0.6 is 0 Å². The SMILES string of the molecule is CC1CN(CCC2=CCCCC2)CC(C)N1. The second-order valence-electron chi connectivity index (χ2n) is 5.59. The van der Waals surface area contributed by atoms with E-state index in [4.69, 9.17) is 0 Å². The number of hydrogen-bond donors (Lipinski definition) is 1. The highest BCUT2D eigenvalue weighted by molar-refractivity contribution is 5.05. The molecule has 1 saturated heterocycles. The van der Waals surface area contributed by atoms with Crippen molar-refractivity contribution in [2.24, 2.45) is 0 Å². The van der Waals surface area contributed by atoms with E-state index in [-0.39, 0.29) is 0 Å². The van der Waals surface area contributed by atoms with Gasteiger partial charge in [0.05, 0.1) is 0 Å². The molecule has 2 rings (SSSR count). The quantitative estimate of drug-likeness (QED) is 0.738. The first-order valence-corrected chi connectivity index (χ1v) is 6.90. The summed E-state index contributed by atoms with van der Waals surface area (Å²) in [6.45, 7) is 8.29. The minimum atomic E-state index is 0.657. The fourth-order valence-corrected chi connectivity index (χ4v) is 3.06. The Morgan fingerprint density at radius 2 is 2.00 bits per heavy atom. The van der Waals surface area contributed by atoms with Crippen LogP contribution in [0.5, 0.6) is 0 Å². The van der Waals surface area contributed by atoms with Crippen molar-refractivity contribution in [1.82, 2.24) is 10.2 Å². The zero-order valence-electron chi connectivity index (χ0n) is 10.8. The summed E-state index contributed by atoms with van der Waals surface area (Å²) in [6.07, 6.45) is 9.30. The Kier molecular flexibility index (Phi) is 4.42. The van der Waals surface area contributed by atoms with Crippen molar-refractivity contribution >= 4 is 0 Å². The van der Waals surface area contributed by atoms with Gasteiger partial charge in [-0.1, -0.05) is 11.6 Å². The van der Waals surface area contributed by atoms with Gasteiger partial charge in [-0.3, -0.25) is 4.90 Å². The molecule has 0 aromatic rings. The number of allylic oxidation sites excluding steroid dienone is 1. The highest BCUT2D eigenvalue weighted by Crippen LogP contribution is 2.20. The van der Waals surface area contributed by atoms with Crippen molar-refractivity contribution in [3.63, 3.8) is 0 Å². The summed E-state index contributed by atoms with van der Waals surface area (Å²) in [4.78, 5) is 2.63. The van der Waals surface area contributed by atoms with E-state index >= 15 is 0 Å². The first-order valence-electron chi connectivity index (χ1n) is 6.90. The van der Waals surface area contributed by atoms with Gasteiger partial charge in [0, 0.05) is 31.7 Å². The predicted octanol–water partition coefficient (Wildman–Crippen LogP) is 2.56. The summed E-state index contributed by atoms with van der Waals surface area (Å²) in [6, 6.07) is 1.31. The molecule has 1 aliphatic carbocycles. The first-order chi connectivity index (χ1) is 7.74. The van der Waals surface area contributed by atoms with Crippen molar-refractivity contribution < 1.29 is 0 Å². The Labute approximate surface area is 100 Å². The van der Waals surface area contributed by atoms with Crippen LogP contribution in [0.3, 0.4) is 0 Å². The van der Waals surface area contributed by atoms with Crippen molar-refractivity contribution in [1.29, 1.82) is 0 Å². The maximum atomic E-state index is 3.59. The molecule has 0 spiro atoms. The monoisotopic (exact) mass is 222 g/mol. The zero-order valence-corrected chi connectivity index (χ0v) is 10.8. The lowest BCUT2D eigenvalue weighted by Crippen LogP contribution is -2.54. The lowest BCUT2D eigenvalue weighted by Gasteiger charge is -2.36. The molecule has 1 heterocycles. The number of rotatable bonds is 3. The second-order valence-corrected chi connectivity index (χ2v) is 5.59. The van der Waals surface area contributed by atoms with E-state index in [1.807, 2.05) is 0 Å². The zero-order chi connectivity index (χ0) is 11.4. The smallest absolute Gasteiger partial charge is 0.0169 e. The van der Waals surface area contributed by atoms with Crippen LogP contribution in [0.4, 0.5) is 0 Å². The average molecular weight is 222 g/mol. The topological polar surface area (TPSA) is 15.3 Å². The Morgan fingerprint density at radius 1 is 1.25 bits per heavy atom. The highest BCUT2D eigenvalue weighted by atomic mass is 15.2. The Hall–Kier alpha value is -0.340. The largest absolute Gasteiger partial charge is 0.309 e. The van der Waals surface area contributed by atoms with E-state index in [9.17, 15) is 0 Å². The lowest BCUT2D eigenvalue weighted by atomic mass is 9.97. The van der Waals surface area contributed by atoms with Gasteiger partial charge in [-0.25, -0.2) is 0 Å². The molecule has 2 heteroatoms. The summed E-state index contributed by atoms with van der Waals surface area (Å²) >= 11 is 0. The third kappa shape index (κ3) is 3.60. The molecule has 2 aliphatic rings. The fourth-order valence-electron chi connectivity index (χ4n) is 3.06. The first kappa shape index (κ1) is 12.1. The molecule has 2 atom stereocenters. The van der Waals surface area contributed by atoms with E-state index in [1.165, 1.54) is 51.7 Å². The minimum absolute atomic E-state index is 0.657. The van der Waals surface area contributed by atoms with E-state index in [2.05, 4.69) is 30.1 Å². The number of nitrogens with zero attached hydrogens (tertiary/aromatic N) is 1. The van der Waals surface area contributed by atoms with E-state index < -0.39 is 0 Å². The van der Waals surface area contributed by atoms with Crippen LogP contribution < -0.4 is 5.32 Å². The van der Waals surface area contributed by atoms with Gasteiger partial charge in [-0.05, 0) is 46.0 Å². The number of hydrogen-bond acceptors (Lipinski definition) is 2. The van der Waals surface area contributed by atoms with Gasteiger partial charge in [0.25, 0.3) is 0 Å². The van der Waals surface area contributed by atoms with Crippen LogP contribution in [0.2, 0.25) is 0 Å². The van der Waals surface area contributed by atoms with Crippen LogP contribution in [0.1, 0.15) is 46.0 Å². The van der Waals surface area contributed by atoms with Crippen LogP contribution in [0.15, 0.2) is 11.6 Å². The summed E-state index contributed by atoms with van der Waals surface area (Å²) in [5, 5.41) is 3.59. The maximum absolute atomic E-state index is 3.59. The Balaban J connectivity index is 1.74. The van der Waals surface area contributed by atoms with E-state index in [1.54, 1.807) is 5.57 Å². The average Bonchev–Trinajstić information content (AvgIpc) is 2.27. The van der Waals surface area contributed by atoms with Gasteiger partial charge in [-0.2, -0.15) is 0 Å². The molecule has 1 aliphatic heterocycles. The summed E-state index contributed by atoms with van der Waals surface area (Å²) < 4.78 is 0. The van der Waals surface area contributed by atoms with Crippen molar-refractivity contribution in [2.45, 2.75) is 58.0 Å². The van der Waals surface area contributed by atoms with Crippen LogP contribution in [0.25, 0.3) is 0 Å². The molecule has 0 aromatic heterocycles. The maximum Gasteiger partial charge on any atom is 0.0169 e. The van der Waals surface area contributed by atoms with Gasteiger partial charge in [0.1, 0.15) is 0 Å². The van der Waals surface area contributed by atoms with E-state index in [0.29, 0.717) is 12.1 Å². The molecular formula is C14H26N2. The molecule has 0 radical (unpaired) electrons. The van der Waals surface area contributed by atoms with Crippen LogP contribution in [-0.4, -0.2) is 36.6 Å². The van der Waals surface area contributed by atoms with Gasteiger partial charge < -0.3 is 5.32 Å². The van der Waals surface area contributed by atoms with Gasteiger partial charge in [0.15, 0.2) is 0 Å². The molecule has 2 nitrogen and oxygen atoms in total. The molecule has 0 saturated carbocycles. The van der Waals surface area contributed by atoms with Crippen LogP contribution in [-0.2, 0) is 0 Å². The molecule has 92 valence electrons. The summed E-state index contributed by atoms with van der Waals surface area (Å²) in [5.41, 5.74) is 1.71. The van der Waals surface area contributed by atoms with Crippen molar-refractivity contribution in [3.8, 4) is 0 Å². The normalized spacial score (nSPS) is 32.5. The van der Waals surface area contributed by atoms with E-state index in [0.717, 1.165) is 0 Å². The predicted molar refractivity (Wildman–Crippen MR) is 69.7 cm³/mol. The Morgan fingerprint density at radius 3 is 2.62 bits per heavy atom. The third-order valence-corrected chi connectivity index (χ3v) is 3.77. The van der Waals surface area contributed by atoms with Crippen molar-refractivity contribution in [2.75, 3.05) is 19.6 Å². The number of nitrogens with one attached hydrogen (secondary N) is 1. The molecule has 0 amide bonds. The molecule has 1 N–H and O–H groups in total. The Bertz CT molecular complexity index is 237. The standard InChI is InChI=1S/C14H26N2/c1-12-10-16(11-13(2)15-12)9-8-14-6-4-3-5-7-14/h6,12-13,15H,3-5,7-11H2,1-2H3. The second kappa shape index (κ2) is 5.83. The molecular weight excluding hydrogens is 196 g/mol. The molecule has 2 unspecified atom stereocenters. The molecule has 16 heavy (non-hydrogen) atoms. The van der Waals surface area contributed by atoms with Gasteiger partial charge >= 0.3 is 0 Å².